The Kier molecular flexibility index (Phi) is 3.52. The van der Waals surface area contributed by atoms with Crippen molar-refractivity contribution < 1.29 is 9.53 Å². The summed E-state index contributed by atoms with van der Waals surface area (Å²) >= 11 is 12.6. The van der Waals surface area contributed by atoms with Crippen molar-refractivity contribution in [3.05, 3.63) is 80.8 Å². The number of fused-ring (bicyclic) bond motifs is 1. The first-order valence-electron chi connectivity index (χ1n) is 7.88. The Morgan fingerprint density at radius 1 is 0.958 bits per heavy atom. The van der Waals surface area contributed by atoms with E-state index in [-0.39, 0.29) is 22.3 Å². The lowest BCUT2D eigenvalue weighted by molar-refractivity contribution is -0.154. The molecule has 2 aromatic carbocycles. The van der Waals surface area contributed by atoms with Gasteiger partial charge in [-0.25, -0.2) is 0 Å². The van der Waals surface area contributed by atoms with Gasteiger partial charge in [0, 0.05) is 18.4 Å². The molecule has 2 aromatic rings. The zero-order valence-corrected chi connectivity index (χ0v) is 14.9. The van der Waals surface area contributed by atoms with Crippen molar-refractivity contribution in [1.82, 2.24) is 0 Å². The maximum Gasteiger partial charge on any atom is 0.303 e. The molecular formula is C20H16Cl2O2. The van der Waals surface area contributed by atoms with Gasteiger partial charge in [0.2, 0.25) is 0 Å². The number of hydrogen-bond donors (Lipinski definition) is 0. The van der Waals surface area contributed by atoms with Crippen LogP contribution in [0, 0.1) is 0 Å². The quantitative estimate of drug-likeness (QED) is 0.647. The molecule has 4 heteroatoms. The van der Waals surface area contributed by atoms with Crippen molar-refractivity contribution in [2.24, 2.45) is 0 Å². The second-order valence-corrected chi connectivity index (χ2v) is 7.45. The fourth-order valence-corrected chi connectivity index (χ4v) is 5.06. The van der Waals surface area contributed by atoms with Gasteiger partial charge in [0.15, 0.2) is 0 Å². The van der Waals surface area contributed by atoms with Crippen molar-refractivity contribution in [3.8, 4) is 0 Å². The third kappa shape index (κ3) is 2.00. The lowest BCUT2D eigenvalue weighted by Crippen LogP contribution is -2.49. The van der Waals surface area contributed by atoms with Crippen LogP contribution in [0.5, 0.6) is 0 Å². The molecule has 3 aliphatic rings. The second kappa shape index (κ2) is 5.37. The molecule has 5 rings (SSSR count). The molecule has 2 bridgehead atoms. The summed E-state index contributed by atoms with van der Waals surface area (Å²) in [6.45, 7) is 3.34. The zero-order chi connectivity index (χ0) is 17.1. The molecule has 1 atom stereocenters. The lowest BCUT2D eigenvalue weighted by atomic mass is 9.55. The van der Waals surface area contributed by atoms with Gasteiger partial charge in [0.1, 0.15) is 10.1 Å². The van der Waals surface area contributed by atoms with Crippen molar-refractivity contribution in [1.29, 1.82) is 0 Å². The van der Waals surface area contributed by atoms with E-state index in [0.717, 1.165) is 5.57 Å². The molecule has 0 saturated heterocycles. The van der Waals surface area contributed by atoms with E-state index in [4.69, 9.17) is 27.9 Å². The van der Waals surface area contributed by atoms with Gasteiger partial charge in [-0.1, -0.05) is 71.7 Å². The highest BCUT2D eigenvalue weighted by atomic mass is 35.5. The topological polar surface area (TPSA) is 26.3 Å². The standard InChI is InChI=1S/C20H16Cl2O2/c1-11(23)24-20(2)17-14-9-5-3-7-12(14)16(18(20)19(21)22)13-8-4-6-10-15(13)17/h3-10,16-17H,1-2H3. The van der Waals surface area contributed by atoms with Gasteiger partial charge in [-0.2, -0.15) is 0 Å². The van der Waals surface area contributed by atoms with Gasteiger partial charge in [-0.05, 0) is 29.2 Å². The Hall–Kier alpha value is -1.77. The van der Waals surface area contributed by atoms with Crippen molar-refractivity contribution >= 4 is 29.2 Å². The van der Waals surface area contributed by atoms with Gasteiger partial charge in [0.25, 0.3) is 0 Å². The van der Waals surface area contributed by atoms with Crippen LogP contribution in [0.1, 0.15) is 47.9 Å². The number of esters is 1. The second-order valence-electron chi connectivity index (χ2n) is 6.50. The van der Waals surface area contributed by atoms with E-state index in [1.54, 1.807) is 0 Å². The van der Waals surface area contributed by atoms with Gasteiger partial charge in [0.05, 0.1) is 5.92 Å². The van der Waals surface area contributed by atoms with Gasteiger partial charge < -0.3 is 4.74 Å². The number of benzene rings is 2. The highest BCUT2D eigenvalue weighted by Crippen LogP contribution is 2.62. The Morgan fingerprint density at radius 3 is 1.83 bits per heavy atom. The van der Waals surface area contributed by atoms with E-state index in [1.165, 1.54) is 29.2 Å². The number of carbonyl (C=O) groups excluding carboxylic acids is 1. The van der Waals surface area contributed by atoms with E-state index in [0.29, 0.717) is 0 Å². The highest BCUT2D eigenvalue weighted by Gasteiger charge is 2.56. The van der Waals surface area contributed by atoms with Crippen LogP contribution >= 0.6 is 23.2 Å². The monoisotopic (exact) mass is 358 g/mol. The summed E-state index contributed by atoms with van der Waals surface area (Å²) in [5.74, 6) is -0.565. The molecule has 0 heterocycles. The molecule has 0 fully saturated rings. The molecule has 0 radical (unpaired) electrons. The SMILES string of the molecule is CC(=O)OC1(C)C(=C(Cl)Cl)C2c3ccccc3C1c1ccccc12. The smallest absolute Gasteiger partial charge is 0.303 e. The maximum atomic E-state index is 11.9. The number of ether oxygens (including phenoxy) is 1. The average Bonchev–Trinajstić information content (AvgIpc) is 2.53. The first-order chi connectivity index (χ1) is 11.4. The molecule has 0 aromatic heterocycles. The molecule has 0 amide bonds. The summed E-state index contributed by atoms with van der Waals surface area (Å²) in [5.41, 5.74) is 4.58. The predicted molar refractivity (Wildman–Crippen MR) is 95.5 cm³/mol. The molecule has 0 N–H and O–H groups in total. The zero-order valence-electron chi connectivity index (χ0n) is 13.3. The Bertz CT molecular complexity index is 835. The van der Waals surface area contributed by atoms with Gasteiger partial charge >= 0.3 is 5.97 Å². The summed E-state index contributed by atoms with van der Waals surface area (Å²) in [6, 6.07) is 16.5. The highest BCUT2D eigenvalue weighted by molar-refractivity contribution is 6.56. The van der Waals surface area contributed by atoms with E-state index in [9.17, 15) is 4.79 Å². The van der Waals surface area contributed by atoms with E-state index >= 15 is 0 Å². The number of rotatable bonds is 1. The van der Waals surface area contributed by atoms with Crippen LogP contribution in [0.4, 0.5) is 0 Å². The number of halogens is 2. The lowest BCUT2D eigenvalue weighted by Gasteiger charge is -2.52. The molecule has 0 aliphatic heterocycles. The van der Waals surface area contributed by atoms with Crippen LogP contribution in [0.25, 0.3) is 0 Å². The van der Waals surface area contributed by atoms with Crippen molar-refractivity contribution in [2.75, 3.05) is 0 Å². The van der Waals surface area contributed by atoms with Crippen LogP contribution in [0.3, 0.4) is 0 Å². The molecule has 24 heavy (non-hydrogen) atoms. The van der Waals surface area contributed by atoms with E-state index in [2.05, 4.69) is 24.3 Å². The largest absolute Gasteiger partial charge is 0.454 e. The Labute approximate surface area is 151 Å². The van der Waals surface area contributed by atoms with Crippen LogP contribution in [-0.4, -0.2) is 11.6 Å². The minimum absolute atomic E-state index is 0.100. The summed E-state index contributed by atoms with van der Waals surface area (Å²) < 4.78 is 6.01. The van der Waals surface area contributed by atoms with Gasteiger partial charge in [-0.15, -0.1) is 0 Å². The van der Waals surface area contributed by atoms with E-state index < -0.39 is 5.60 Å². The Balaban J connectivity index is 2.10. The molecule has 3 aliphatic carbocycles. The minimum atomic E-state index is -0.891. The molecule has 2 nitrogen and oxygen atoms in total. The summed E-state index contributed by atoms with van der Waals surface area (Å²) in [5, 5.41) is 0. The predicted octanol–water partition coefficient (Wildman–Crippen LogP) is 5.29. The maximum absolute atomic E-state index is 11.9. The summed E-state index contributed by atoms with van der Waals surface area (Å²) in [7, 11) is 0. The Morgan fingerprint density at radius 2 is 1.42 bits per heavy atom. The molecule has 122 valence electrons. The van der Waals surface area contributed by atoms with Gasteiger partial charge in [-0.3, -0.25) is 4.79 Å². The third-order valence-corrected chi connectivity index (χ3v) is 5.58. The van der Waals surface area contributed by atoms with Crippen LogP contribution in [0.15, 0.2) is 58.6 Å². The van der Waals surface area contributed by atoms with Crippen molar-refractivity contribution in [2.45, 2.75) is 31.3 Å². The minimum Gasteiger partial charge on any atom is -0.454 e. The van der Waals surface area contributed by atoms with Crippen LogP contribution < -0.4 is 0 Å². The van der Waals surface area contributed by atoms with E-state index in [1.807, 2.05) is 31.2 Å². The average molecular weight is 359 g/mol. The van der Waals surface area contributed by atoms with Crippen molar-refractivity contribution in [3.63, 3.8) is 0 Å². The fourth-order valence-electron chi connectivity index (χ4n) is 4.46. The molecule has 1 unspecified atom stereocenters. The molecule has 0 saturated carbocycles. The summed E-state index contributed by atoms with van der Waals surface area (Å²) in [6.07, 6.45) is 0. The number of carbonyl (C=O) groups is 1. The first-order valence-corrected chi connectivity index (χ1v) is 8.63. The molecule has 0 spiro atoms. The fraction of sp³-hybridized carbons (Fsp3) is 0.250. The third-order valence-electron chi connectivity index (χ3n) is 5.17. The van der Waals surface area contributed by atoms with Crippen LogP contribution in [0.2, 0.25) is 0 Å². The molecular weight excluding hydrogens is 343 g/mol. The first kappa shape index (κ1) is 15.7. The van der Waals surface area contributed by atoms with Crippen LogP contribution in [-0.2, 0) is 9.53 Å². The number of hydrogen-bond acceptors (Lipinski definition) is 2. The normalized spacial score (nSPS) is 26.6. The summed E-state index contributed by atoms with van der Waals surface area (Å²) in [4.78, 5) is 11.9.